The zero-order valence-corrected chi connectivity index (χ0v) is 16.6. The minimum absolute atomic E-state index is 0.0565. The molecule has 0 aliphatic carbocycles. The van der Waals surface area contributed by atoms with Crippen LogP contribution in [-0.2, 0) is 9.59 Å². The predicted octanol–water partition coefficient (Wildman–Crippen LogP) is 3.92. The van der Waals surface area contributed by atoms with E-state index in [-0.39, 0.29) is 35.7 Å². The number of fused-ring (bicyclic) bond motifs is 3. The van der Waals surface area contributed by atoms with E-state index in [1.54, 1.807) is 24.3 Å². The van der Waals surface area contributed by atoms with Gasteiger partial charge in [-0.05, 0) is 29.8 Å². The zero-order valence-electron chi connectivity index (χ0n) is 15.1. The largest absolute Gasteiger partial charge is 0.282 e. The van der Waals surface area contributed by atoms with Crippen molar-refractivity contribution in [2.75, 3.05) is 16.5 Å². The van der Waals surface area contributed by atoms with Gasteiger partial charge in [0.1, 0.15) is 0 Å². The summed E-state index contributed by atoms with van der Waals surface area (Å²) in [5.74, 6) is 0.982. The summed E-state index contributed by atoms with van der Waals surface area (Å²) in [6.45, 7) is 0. The molecule has 4 atom stereocenters. The Bertz CT molecular complexity index is 947. The third-order valence-corrected chi connectivity index (χ3v) is 7.20. The molecule has 0 aromatic heterocycles. The molecular formula is C22H19ClN2O2S. The Morgan fingerprint density at radius 2 is 1.68 bits per heavy atom. The molecule has 3 saturated heterocycles. The Morgan fingerprint density at radius 3 is 2.43 bits per heavy atom. The van der Waals surface area contributed by atoms with Gasteiger partial charge in [0.2, 0.25) is 11.8 Å². The van der Waals surface area contributed by atoms with E-state index < -0.39 is 0 Å². The van der Waals surface area contributed by atoms with Crippen molar-refractivity contribution in [1.82, 2.24) is 4.90 Å². The van der Waals surface area contributed by atoms with Crippen LogP contribution in [0.15, 0.2) is 60.7 Å². The summed E-state index contributed by atoms with van der Waals surface area (Å²) in [5, 5.41) is 0.588. The van der Waals surface area contributed by atoms with Crippen molar-refractivity contribution >= 4 is 46.9 Å². The van der Waals surface area contributed by atoms with Crippen molar-refractivity contribution in [3.63, 3.8) is 0 Å². The fraction of sp³-hybridized carbons (Fsp3) is 0.273. The summed E-state index contributed by atoms with van der Waals surface area (Å²) in [6.07, 6.45) is 4.17. The molecule has 2 aromatic rings. The number of nitrogens with zero attached hydrogens (tertiary/aromatic N) is 2. The van der Waals surface area contributed by atoms with Gasteiger partial charge in [0.15, 0.2) is 0 Å². The summed E-state index contributed by atoms with van der Waals surface area (Å²) in [6, 6.07) is 17.1. The molecular weight excluding hydrogens is 392 g/mol. The molecule has 4 nitrogen and oxygen atoms in total. The fourth-order valence-electron chi connectivity index (χ4n) is 4.62. The second-order valence-electron chi connectivity index (χ2n) is 7.38. The van der Waals surface area contributed by atoms with Crippen LogP contribution in [0.4, 0.5) is 5.69 Å². The average molecular weight is 411 g/mol. The number of benzene rings is 2. The minimum Gasteiger partial charge on any atom is -0.282 e. The Balaban J connectivity index is 1.50. The Labute approximate surface area is 173 Å². The number of halogens is 1. The van der Waals surface area contributed by atoms with Gasteiger partial charge in [-0.15, -0.1) is 11.8 Å². The Hall–Kier alpha value is -2.08. The smallest absolute Gasteiger partial charge is 0.239 e. The van der Waals surface area contributed by atoms with E-state index in [9.17, 15) is 9.59 Å². The van der Waals surface area contributed by atoms with Crippen molar-refractivity contribution in [1.29, 1.82) is 0 Å². The van der Waals surface area contributed by atoms with Gasteiger partial charge >= 0.3 is 0 Å². The summed E-state index contributed by atoms with van der Waals surface area (Å²) >= 11 is 7.81. The molecule has 5 rings (SSSR count). The maximum absolute atomic E-state index is 13.3. The van der Waals surface area contributed by atoms with Crippen LogP contribution in [0.3, 0.4) is 0 Å². The molecule has 4 unspecified atom stereocenters. The molecule has 2 amide bonds. The van der Waals surface area contributed by atoms with Crippen molar-refractivity contribution in [2.24, 2.45) is 11.8 Å². The van der Waals surface area contributed by atoms with Crippen molar-refractivity contribution in [2.45, 2.75) is 12.1 Å². The van der Waals surface area contributed by atoms with Gasteiger partial charge in [0.25, 0.3) is 0 Å². The van der Waals surface area contributed by atoms with E-state index >= 15 is 0 Å². The second-order valence-corrected chi connectivity index (χ2v) is 8.82. The van der Waals surface area contributed by atoms with E-state index in [0.29, 0.717) is 10.7 Å². The first-order chi connectivity index (χ1) is 13.6. The molecule has 0 bridgehead atoms. The SMILES string of the molecule is O=C1C2C(C(=O)N1c1ccc(Cl)cc1)C1CSCN1C2/C=C/c1ccccc1. The molecule has 3 fully saturated rings. The summed E-state index contributed by atoms with van der Waals surface area (Å²) in [4.78, 5) is 30.3. The van der Waals surface area contributed by atoms with Crippen molar-refractivity contribution in [3.8, 4) is 0 Å². The Kier molecular flexibility index (Phi) is 4.54. The lowest BCUT2D eigenvalue weighted by Gasteiger charge is -2.25. The highest BCUT2D eigenvalue weighted by molar-refractivity contribution is 7.99. The van der Waals surface area contributed by atoms with Crippen LogP contribution in [0.2, 0.25) is 5.02 Å². The number of hydrogen-bond donors (Lipinski definition) is 0. The molecule has 142 valence electrons. The van der Waals surface area contributed by atoms with Gasteiger partial charge < -0.3 is 0 Å². The average Bonchev–Trinajstić information content (AvgIpc) is 3.35. The molecule has 28 heavy (non-hydrogen) atoms. The van der Waals surface area contributed by atoms with E-state index in [0.717, 1.165) is 17.2 Å². The maximum atomic E-state index is 13.3. The summed E-state index contributed by atoms with van der Waals surface area (Å²) in [5.41, 5.74) is 1.71. The number of thioether (sulfide) groups is 1. The van der Waals surface area contributed by atoms with Crippen molar-refractivity contribution < 1.29 is 9.59 Å². The maximum Gasteiger partial charge on any atom is 0.239 e. The van der Waals surface area contributed by atoms with Gasteiger partial charge in [-0.25, -0.2) is 4.90 Å². The lowest BCUT2D eigenvalue weighted by molar-refractivity contribution is -0.123. The predicted molar refractivity (Wildman–Crippen MR) is 113 cm³/mol. The number of anilines is 1. The number of carbonyl (C=O) groups excluding carboxylic acids is 2. The van der Waals surface area contributed by atoms with Gasteiger partial charge in [0.05, 0.1) is 17.5 Å². The zero-order chi connectivity index (χ0) is 19.3. The highest BCUT2D eigenvalue weighted by Crippen LogP contribution is 2.48. The number of rotatable bonds is 3. The molecule has 0 spiro atoms. The Morgan fingerprint density at radius 1 is 0.964 bits per heavy atom. The standard InChI is InChI=1S/C22H19ClN2O2S/c23-15-7-9-16(10-8-15)25-21(26)19-17(11-6-14-4-2-1-3-5-14)24-13-28-12-18(24)20(19)22(25)27/h1-11,17-20H,12-13H2/b11-6+. The summed E-state index contributed by atoms with van der Waals surface area (Å²) < 4.78 is 0. The third-order valence-electron chi connectivity index (χ3n) is 5.89. The lowest BCUT2D eigenvalue weighted by atomic mass is 9.89. The van der Waals surface area contributed by atoms with Crippen LogP contribution in [0.1, 0.15) is 5.56 Å². The number of carbonyl (C=O) groups is 2. The van der Waals surface area contributed by atoms with Crippen LogP contribution in [0.25, 0.3) is 6.08 Å². The van der Waals surface area contributed by atoms with E-state index in [2.05, 4.69) is 17.1 Å². The van der Waals surface area contributed by atoms with Gasteiger partial charge in [-0.3, -0.25) is 14.5 Å². The second kappa shape index (κ2) is 7.07. The molecule has 3 aliphatic heterocycles. The quantitative estimate of drug-likeness (QED) is 0.719. The first-order valence-corrected chi connectivity index (χ1v) is 10.9. The highest BCUT2D eigenvalue weighted by atomic mass is 35.5. The number of imide groups is 1. The molecule has 6 heteroatoms. The van der Waals surface area contributed by atoms with Crippen LogP contribution in [-0.4, -0.2) is 40.4 Å². The fourth-order valence-corrected chi connectivity index (χ4v) is 6.06. The molecule has 2 aromatic carbocycles. The van der Waals surface area contributed by atoms with Crippen LogP contribution in [0.5, 0.6) is 0 Å². The molecule has 0 saturated carbocycles. The van der Waals surface area contributed by atoms with E-state index in [1.807, 2.05) is 42.1 Å². The topological polar surface area (TPSA) is 40.6 Å². The van der Waals surface area contributed by atoms with Crippen LogP contribution >= 0.6 is 23.4 Å². The van der Waals surface area contributed by atoms with Crippen LogP contribution < -0.4 is 4.90 Å². The third kappa shape index (κ3) is 2.81. The van der Waals surface area contributed by atoms with E-state index in [4.69, 9.17) is 11.6 Å². The molecule has 0 N–H and O–H groups in total. The monoisotopic (exact) mass is 410 g/mol. The van der Waals surface area contributed by atoms with Crippen LogP contribution in [0, 0.1) is 11.8 Å². The lowest BCUT2D eigenvalue weighted by Crippen LogP contribution is -2.42. The van der Waals surface area contributed by atoms with Gasteiger partial charge in [0, 0.05) is 28.7 Å². The van der Waals surface area contributed by atoms with Crippen molar-refractivity contribution in [3.05, 3.63) is 71.3 Å². The molecule has 0 radical (unpaired) electrons. The number of amides is 2. The molecule has 3 aliphatic rings. The summed E-state index contributed by atoms with van der Waals surface area (Å²) in [7, 11) is 0. The normalized spacial score (nSPS) is 29.7. The molecule has 3 heterocycles. The van der Waals surface area contributed by atoms with E-state index in [1.165, 1.54) is 4.90 Å². The minimum atomic E-state index is -0.325. The highest BCUT2D eigenvalue weighted by Gasteiger charge is 2.62. The first kappa shape index (κ1) is 18.0. The first-order valence-electron chi connectivity index (χ1n) is 9.35. The van der Waals surface area contributed by atoms with Gasteiger partial charge in [-0.2, -0.15) is 0 Å². The number of hydrogen-bond acceptors (Lipinski definition) is 4. The van der Waals surface area contributed by atoms with Gasteiger partial charge in [-0.1, -0.05) is 54.1 Å².